The average Bonchev–Trinajstić information content (AvgIpc) is 2.68. The second kappa shape index (κ2) is 9.93. The van der Waals surface area contributed by atoms with E-state index in [0.717, 1.165) is 37.2 Å². The highest BCUT2D eigenvalue weighted by atomic mass is 35.5. The highest BCUT2D eigenvalue weighted by Crippen LogP contribution is 2.29. The normalized spacial score (nSPS) is 20.8. The number of nitrogens with zero attached hydrogens (tertiary/aromatic N) is 3. The van der Waals surface area contributed by atoms with Crippen molar-refractivity contribution >= 4 is 17.3 Å². The quantitative estimate of drug-likeness (QED) is 0.720. The van der Waals surface area contributed by atoms with E-state index in [9.17, 15) is 0 Å². The van der Waals surface area contributed by atoms with Crippen LogP contribution in [-0.4, -0.2) is 75.9 Å². The van der Waals surface area contributed by atoms with Gasteiger partial charge in [-0.15, -0.1) is 0 Å². The summed E-state index contributed by atoms with van der Waals surface area (Å²) in [5.74, 6) is 0.848. The van der Waals surface area contributed by atoms with E-state index in [0.29, 0.717) is 6.04 Å². The van der Waals surface area contributed by atoms with Crippen LogP contribution < -0.4 is 4.90 Å². The zero-order chi connectivity index (χ0) is 18.4. The van der Waals surface area contributed by atoms with E-state index in [-0.39, 0.29) is 0 Å². The molecule has 0 aromatic heterocycles. The maximum absolute atomic E-state index is 6.36. The zero-order valence-corrected chi connectivity index (χ0v) is 17.1. The number of ether oxygens (including phenoxy) is 1. The Kier molecular flexibility index (Phi) is 7.62. The standard InChI is InChI=1S/C21H34ClN3O/c1-23(17-18-7-11-24(12-8-18)15-16-26-2)19-9-13-25(14-10-19)21-6-4-3-5-20(21)22/h3-6,18-19H,7-17H2,1-2H3. The van der Waals surface area contributed by atoms with Crippen molar-refractivity contribution in [3.8, 4) is 0 Å². The Morgan fingerprint density at radius 2 is 1.77 bits per heavy atom. The van der Waals surface area contributed by atoms with Crippen LogP contribution >= 0.6 is 11.6 Å². The van der Waals surface area contributed by atoms with Crippen molar-refractivity contribution in [1.82, 2.24) is 9.80 Å². The zero-order valence-electron chi connectivity index (χ0n) is 16.4. The fourth-order valence-corrected chi connectivity index (χ4v) is 4.68. The lowest BCUT2D eigenvalue weighted by Crippen LogP contribution is -2.46. The third kappa shape index (κ3) is 5.35. The average molecular weight is 380 g/mol. The van der Waals surface area contributed by atoms with Gasteiger partial charge in [0.1, 0.15) is 0 Å². The molecule has 0 radical (unpaired) electrons. The molecule has 146 valence electrons. The molecule has 0 N–H and O–H groups in total. The molecule has 2 aliphatic rings. The second-order valence-corrected chi connectivity index (χ2v) is 8.29. The molecule has 0 bridgehead atoms. The monoisotopic (exact) mass is 379 g/mol. The van der Waals surface area contributed by atoms with Crippen molar-refractivity contribution in [3.05, 3.63) is 29.3 Å². The maximum atomic E-state index is 6.36. The van der Waals surface area contributed by atoms with Crippen molar-refractivity contribution in [1.29, 1.82) is 0 Å². The molecule has 3 rings (SSSR count). The molecular formula is C21H34ClN3O. The minimum atomic E-state index is 0.709. The van der Waals surface area contributed by atoms with Crippen molar-refractivity contribution in [2.24, 2.45) is 5.92 Å². The molecule has 0 saturated carbocycles. The third-order valence-corrected chi connectivity index (χ3v) is 6.47. The molecule has 0 spiro atoms. The van der Waals surface area contributed by atoms with Gasteiger partial charge in [0.25, 0.3) is 0 Å². The van der Waals surface area contributed by atoms with Gasteiger partial charge in [0.05, 0.1) is 17.3 Å². The van der Waals surface area contributed by atoms with Gasteiger partial charge in [0.2, 0.25) is 0 Å². The number of hydrogen-bond acceptors (Lipinski definition) is 4. The Hall–Kier alpha value is -0.810. The predicted molar refractivity (Wildman–Crippen MR) is 110 cm³/mol. The predicted octanol–water partition coefficient (Wildman–Crippen LogP) is 3.60. The van der Waals surface area contributed by atoms with Crippen molar-refractivity contribution in [2.45, 2.75) is 31.7 Å². The third-order valence-electron chi connectivity index (χ3n) is 6.15. The molecular weight excluding hydrogens is 346 g/mol. The van der Waals surface area contributed by atoms with Gasteiger partial charge >= 0.3 is 0 Å². The lowest BCUT2D eigenvalue weighted by atomic mass is 9.94. The molecule has 2 fully saturated rings. The molecule has 2 heterocycles. The number of anilines is 1. The number of rotatable bonds is 7. The van der Waals surface area contributed by atoms with Gasteiger partial charge in [-0.1, -0.05) is 23.7 Å². The van der Waals surface area contributed by atoms with Gasteiger partial charge < -0.3 is 19.4 Å². The Labute approximate surface area is 164 Å². The lowest BCUT2D eigenvalue weighted by molar-refractivity contribution is 0.0998. The smallest absolute Gasteiger partial charge is 0.0639 e. The summed E-state index contributed by atoms with van der Waals surface area (Å²) in [5, 5.41) is 0.875. The van der Waals surface area contributed by atoms with Crippen LogP contribution in [0.3, 0.4) is 0 Å². The van der Waals surface area contributed by atoms with Crippen LogP contribution in [0.15, 0.2) is 24.3 Å². The number of halogens is 1. The summed E-state index contributed by atoms with van der Waals surface area (Å²) in [5.41, 5.74) is 1.19. The summed E-state index contributed by atoms with van der Waals surface area (Å²) < 4.78 is 5.20. The fraction of sp³-hybridized carbons (Fsp3) is 0.714. The van der Waals surface area contributed by atoms with Crippen LogP contribution in [0.25, 0.3) is 0 Å². The van der Waals surface area contributed by atoms with E-state index in [1.165, 1.54) is 51.0 Å². The van der Waals surface area contributed by atoms with Crippen molar-refractivity contribution in [3.63, 3.8) is 0 Å². The summed E-state index contributed by atoms with van der Waals surface area (Å²) in [6.07, 6.45) is 5.11. The summed E-state index contributed by atoms with van der Waals surface area (Å²) >= 11 is 6.36. The highest BCUT2D eigenvalue weighted by Gasteiger charge is 2.26. The van der Waals surface area contributed by atoms with Gasteiger partial charge in [-0.3, -0.25) is 0 Å². The Morgan fingerprint density at radius 1 is 1.08 bits per heavy atom. The van der Waals surface area contributed by atoms with Crippen LogP contribution in [0.4, 0.5) is 5.69 Å². The Bertz CT molecular complexity index is 540. The molecule has 5 heteroatoms. The summed E-state index contributed by atoms with van der Waals surface area (Å²) in [6.45, 7) is 7.85. The number of para-hydroxylation sites is 1. The van der Waals surface area contributed by atoms with Gasteiger partial charge in [-0.2, -0.15) is 0 Å². The van der Waals surface area contributed by atoms with Crippen LogP contribution in [0, 0.1) is 5.92 Å². The van der Waals surface area contributed by atoms with E-state index < -0.39 is 0 Å². The first kappa shape index (κ1) is 19.9. The van der Waals surface area contributed by atoms with E-state index in [4.69, 9.17) is 16.3 Å². The number of benzene rings is 1. The minimum absolute atomic E-state index is 0.709. The first-order chi connectivity index (χ1) is 12.7. The van der Waals surface area contributed by atoms with Crippen LogP contribution in [-0.2, 0) is 4.74 Å². The molecule has 26 heavy (non-hydrogen) atoms. The first-order valence-corrected chi connectivity index (χ1v) is 10.5. The molecule has 0 amide bonds. The number of likely N-dealkylation sites (tertiary alicyclic amines) is 1. The number of hydrogen-bond donors (Lipinski definition) is 0. The number of piperidine rings is 2. The molecule has 2 aliphatic heterocycles. The summed E-state index contributed by atoms with van der Waals surface area (Å²) in [7, 11) is 4.12. The van der Waals surface area contributed by atoms with Crippen molar-refractivity contribution < 1.29 is 4.74 Å². The molecule has 0 unspecified atom stereocenters. The summed E-state index contributed by atoms with van der Waals surface area (Å²) in [4.78, 5) is 7.61. The lowest BCUT2D eigenvalue weighted by Gasteiger charge is -2.40. The van der Waals surface area contributed by atoms with Crippen LogP contribution in [0.5, 0.6) is 0 Å². The molecule has 1 aromatic carbocycles. The van der Waals surface area contributed by atoms with Gasteiger partial charge in [-0.05, 0) is 63.9 Å². The first-order valence-electron chi connectivity index (χ1n) is 10.1. The van der Waals surface area contributed by atoms with E-state index >= 15 is 0 Å². The minimum Gasteiger partial charge on any atom is -0.383 e. The Morgan fingerprint density at radius 3 is 2.42 bits per heavy atom. The molecule has 1 aromatic rings. The van der Waals surface area contributed by atoms with Gasteiger partial charge in [-0.25, -0.2) is 0 Å². The second-order valence-electron chi connectivity index (χ2n) is 7.89. The fourth-order valence-electron chi connectivity index (χ4n) is 4.43. The molecule has 0 aliphatic carbocycles. The molecule has 4 nitrogen and oxygen atoms in total. The van der Waals surface area contributed by atoms with E-state index in [1.807, 2.05) is 12.1 Å². The number of methoxy groups -OCH3 is 1. The maximum Gasteiger partial charge on any atom is 0.0639 e. The molecule has 2 saturated heterocycles. The van der Waals surface area contributed by atoms with Crippen LogP contribution in [0.2, 0.25) is 5.02 Å². The SMILES string of the molecule is COCCN1CCC(CN(C)C2CCN(c3ccccc3Cl)CC2)CC1. The van der Waals surface area contributed by atoms with E-state index in [1.54, 1.807) is 7.11 Å². The van der Waals surface area contributed by atoms with Crippen LogP contribution in [0.1, 0.15) is 25.7 Å². The van der Waals surface area contributed by atoms with E-state index in [2.05, 4.69) is 33.9 Å². The Balaban J connectivity index is 1.40. The van der Waals surface area contributed by atoms with Gasteiger partial charge in [0, 0.05) is 39.3 Å². The van der Waals surface area contributed by atoms with Crippen molar-refractivity contribution in [2.75, 3.05) is 64.9 Å². The highest BCUT2D eigenvalue weighted by molar-refractivity contribution is 6.33. The molecule has 0 atom stereocenters. The summed E-state index contributed by atoms with van der Waals surface area (Å²) in [6, 6.07) is 8.93. The topological polar surface area (TPSA) is 19.0 Å². The van der Waals surface area contributed by atoms with Gasteiger partial charge in [0.15, 0.2) is 0 Å². The largest absolute Gasteiger partial charge is 0.383 e.